The molecule has 0 bridgehead atoms. The van der Waals surface area contributed by atoms with Crippen molar-refractivity contribution in [3.8, 4) is 0 Å². The second-order valence-corrected chi connectivity index (χ2v) is 6.86. The molecule has 116 valence electrons. The van der Waals surface area contributed by atoms with Crippen LogP contribution in [0.3, 0.4) is 0 Å². The van der Waals surface area contributed by atoms with Crippen LogP contribution in [-0.2, 0) is 4.79 Å². The number of amides is 1. The third-order valence-corrected chi connectivity index (χ3v) is 4.28. The largest absolute Gasteiger partial charge is 0.398 e. The first-order valence-corrected chi connectivity index (χ1v) is 7.75. The van der Waals surface area contributed by atoms with Gasteiger partial charge in [-0.3, -0.25) is 4.79 Å². The fourth-order valence-corrected chi connectivity index (χ4v) is 2.88. The molecule has 4 nitrogen and oxygen atoms in total. The van der Waals surface area contributed by atoms with Crippen LogP contribution in [0.5, 0.6) is 0 Å². The first-order chi connectivity index (χ1) is 9.87. The molecule has 0 saturated carbocycles. The minimum absolute atomic E-state index is 0.0714. The van der Waals surface area contributed by atoms with Crippen molar-refractivity contribution in [2.24, 2.45) is 5.41 Å². The highest BCUT2D eigenvalue weighted by Gasteiger charge is 2.28. The molecular formula is C17H27N3O. The number of nitrogens with one attached hydrogen (secondary N) is 1. The van der Waals surface area contributed by atoms with Gasteiger partial charge in [-0.15, -0.1) is 0 Å². The Bertz CT molecular complexity index is 511. The van der Waals surface area contributed by atoms with E-state index in [4.69, 9.17) is 5.73 Å². The Labute approximate surface area is 127 Å². The van der Waals surface area contributed by atoms with Gasteiger partial charge in [0.1, 0.15) is 0 Å². The Morgan fingerprint density at radius 2 is 2.19 bits per heavy atom. The van der Waals surface area contributed by atoms with E-state index in [1.54, 1.807) is 0 Å². The summed E-state index contributed by atoms with van der Waals surface area (Å²) in [6.07, 6.45) is 2.72. The quantitative estimate of drug-likeness (QED) is 0.819. The highest BCUT2D eigenvalue weighted by Crippen LogP contribution is 2.28. The van der Waals surface area contributed by atoms with Gasteiger partial charge in [-0.2, -0.15) is 0 Å². The van der Waals surface area contributed by atoms with Gasteiger partial charge in [0.05, 0.1) is 0 Å². The second-order valence-electron chi connectivity index (χ2n) is 6.86. The van der Waals surface area contributed by atoms with E-state index >= 15 is 0 Å². The molecule has 0 aromatic heterocycles. The number of nitrogens with zero attached hydrogens (tertiary/aromatic N) is 1. The summed E-state index contributed by atoms with van der Waals surface area (Å²) in [6, 6.07) is 5.61. The Hall–Kier alpha value is -1.55. The molecule has 21 heavy (non-hydrogen) atoms. The minimum atomic E-state index is 0.0714. The van der Waals surface area contributed by atoms with E-state index in [1.165, 1.54) is 6.42 Å². The summed E-state index contributed by atoms with van der Waals surface area (Å²) >= 11 is 0. The van der Waals surface area contributed by atoms with Gasteiger partial charge in [0.25, 0.3) is 0 Å². The zero-order valence-corrected chi connectivity index (χ0v) is 13.4. The van der Waals surface area contributed by atoms with Crippen LogP contribution in [-0.4, -0.2) is 30.4 Å². The van der Waals surface area contributed by atoms with Crippen LogP contribution in [0.2, 0.25) is 0 Å². The van der Waals surface area contributed by atoms with E-state index in [2.05, 4.69) is 24.1 Å². The maximum atomic E-state index is 12.0. The molecular weight excluding hydrogens is 262 g/mol. The maximum absolute atomic E-state index is 12.0. The molecule has 1 amide bonds. The number of hydrogen-bond acceptors (Lipinski definition) is 3. The van der Waals surface area contributed by atoms with Crippen LogP contribution in [0.1, 0.15) is 38.7 Å². The summed E-state index contributed by atoms with van der Waals surface area (Å²) in [5.74, 6) is 0.0714. The van der Waals surface area contributed by atoms with E-state index in [-0.39, 0.29) is 5.91 Å². The second kappa shape index (κ2) is 6.48. The number of carbonyl (C=O) groups is 1. The summed E-state index contributed by atoms with van der Waals surface area (Å²) in [5.41, 5.74) is 8.75. The number of benzene rings is 1. The fraction of sp³-hybridized carbons (Fsp3) is 0.588. The number of hydrogen-bond donors (Lipinski definition) is 2. The van der Waals surface area contributed by atoms with Crippen LogP contribution >= 0.6 is 0 Å². The summed E-state index contributed by atoms with van der Waals surface area (Å²) in [7, 11) is 0. The molecule has 1 fully saturated rings. The first kappa shape index (κ1) is 15.8. The highest BCUT2D eigenvalue weighted by molar-refractivity contribution is 5.92. The van der Waals surface area contributed by atoms with Gasteiger partial charge in [-0.05, 0) is 56.0 Å². The lowest BCUT2D eigenvalue weighted by Gasteiger charge is -2.19. The number of rotatable bonds is 5. The van der Waals surface area contributed by atoms with Crippen molar-refractivity contribution in [1.29, 1.82) is 0 Å². The lowest BCUT2D eigenvalue weighted by molar-refractivity contribution is -0.116. The Morgan fingerprint density at radius 3 is 2.86 bits per heavy atom. The highest BCUT2D eigenvalue weighted by atomic mass is 16.1. The molecule has 2 rings (SSSR count). The van der Waals surface area contributed by atoms with Gasteiger partial charge in [0, 0.05) is 24.3 Å². The predicted octanol–water partition coefficient (Wildman–Crippen LogP) is 3.03. The van der Waals surface area contributed by atoms with Gasteiger partial charge in [-0.25, -0.2) is 0 Å². The van der Waals surface area contributed by atoms with Gasteiger partial charge < -0.3 is 16.0 Å². The normalized spacial score (nSPS) is 17.9. The first-order valence-electron chi connectivity index (χ1n) is 7.75. The monoisotopic (exact) mass is 289 g/mol. The molecule has 1 aliphatic heterocycles. The van der Waals surface area contributed by atoms with Crippen molar-refractivity contribution in [2.75, 3.05) is 30.7 Å². The topological polar surface area (TPSA) is 58.4 Å². The minimum Gasteiger partial charge on any atom is -0.398 e. The molecule has 1 aromatic carbocycles. The molecule has 4 heteroatoms. The fourth-order valence-electron chi connectivity index (χ4n) is 2.88. The third-order valence-electron chi connectivity index (χ3n) is 4.28. The predicted molar refractivity (Wildman–Crippen MR) is 88.3 cm³/mol. The standard InChI is InChI=1S/C17H27N3O/c1-13-14(18)6-4-7-15(13)19-16(21)8-5-10-20-11-9-17(2,3)12-20/h4,6-7H,5,8-12,18H2,1-3H3,(H,19,21). The number of nitrogens with two attached hydrogens (primary N) is 1. The van der Waals surface area contributed by atoms with E-state index in [9.17, 15) is 4.79 Å². The molecule has 1 saturated heterocycles. The number of carbonyl (C=O) groups excluding carboxylic acids is 1. The number of likely N-dealkylation sites (tertiary alicyclic amines) is 1. The van der Waals surface area contributed by atoms with E-state index in [1.807, 2.05) is 25.1 Å². The molecule has 0 radical (unpaired) electrons. The van der Waals surface area contributed by atoms with Crippen molar-refractivity contribution in [3.63, 3.8) is 0 Å². The third kappa shape index (κ3) is 4.46. The van der Waals surface area contributed by atoms with Crippen molar-refractivity contribution < 1.29 is 4.79 Å². The van der Waals surface area contributed by atoms with Crippen molar-refractivity contribution in [1.82, 2.24) is 4.90 Å². The molecule has 0 spiro atoms. The van der Waals surface area contributed by atoms with Crippen molar-refractivity contribution in [2.45, 2.75) is 40.0 Å². The Balaban J connectivity index is 1.74. The smallest absolute Gasteiger partial charge is 0.224 e. The van der Waals surface area contributed by atoms with Gasteiger partial charge in [0.15, 0.2) is 0 Å². The SMILES string of the molecule is Cc1c(N)cccc1NC(=O)CCCN1CCC(C)(C)C1. The molecule has 1 heterocycles. The average molecular weight is 289 g/mol. The van der Waals surface area contributed by atoms with Crippen LogP contribution in [0.25, 0.3) is 0 Å². The molecule has 0 aliphatic carbocycles. The van der Waals surface area contributed by atoms with Gasteiger partial charge >= 0.3 is 0 Å². The molecule has 1 aliphatic rings. The Kier molecular flexibility index (Phi) is 4.88. The zero-order valence-electron chi connectivity index (χ0n) is 13.4. The Morgan fingerprint density at radius 1 is 1.43 bits per heavy atom. The van der Waals surface area contributed by atoms with Crippen LogP contribution in [0, 0.1) is 12.3 Å². The average Bonchev–Trinajstić information content (AvgIpc) is 2.75. The summed E-state index contributed by atoms with van der Waals surface area (Å²) in [5, 5.41) is 2.96. The van der Waals surface area contributed by atoms with Crippen LogP contribution < -0.4 is 11.1 Å². The molecule has 3 N–H and O–H groups in total. The molecule has 0 unspecified atom stereocenters. The summed E-state index contributed by atoms with van der Waals surface area (Å²) in [6.45, 7) is 9.85. The lowest BCUT2D eigenvalue weighted by atomic mass is 9.93. The van der Waals surface area contributed by atoms with Crippen LogP contribution in [0.4, 0.5) is 11.4 Å². The van der Waals surface area contributed by atoms with E-state index in [0.717, 1.165) is 37.3 Å². The molecule has 1 aromatic rings. The molecule has 0 atom stereocenters. The number of anilines is 2. The van der Waals surface area contributed by atoms with E-state index in [0.29, 0.717) is 17.5 Å². The zero-order chi connectivity index (χ0) is 15.5. The number of nitrogen functional groups attached to an aromatic ring is 1. The van der Waals surface area contributed by atoms with Crippen LogP contribution in [0.15, 0.2) is 18.2 Å². The summed E-state index contributed by atoms with van der Waals surface area (Å²) < 4.78 is 0. The summed E-state index contributed by atoms with van der Waals surface area (Å²) in [4.78, 5) is 14.5. The lowest BCUT2D eigenvalue weighted by Crippen LogP contribution is -2.25. The van der Waals surface area contributed by atoms with Crippen molar-refractivity contribution in [3.05, 3.63) is 23.8 Å². The van der Waals surface area contributed by atoms with Gasteiger partial charge in [0.2, 0.25) is 5.91 Å². The maximum Gasteiger partial charge on any atom is 0.224 e. The van der Waals surface area contributed by atoms with Crippen molar-refractivity contribution >= 4 is 17.3 Å². The van der Waals surface area contributed by atoms with Gasteiger partial charge in [-0.1, -0.05) is 19.9 Å². The van der Waals surface area contributed by atoms with E-state index < -0.39 is 0 Å².